The van der Waals surface area contributed by atoms with Crippen LogP contribution in [0.25, 0.3) is 5.70 Å². The van der Waals surface area contributed by atoms with E-state index in [1.807, 2.05) is 6.07 Å². The molecule has 1 aliphatic heterocycles. The van der Waals surface area contributed by atoms with Crippen molar-refractivity contribution in [3.05, 3.63) is 62.5 Å². The van der Waals surface area contributed by atoms with Crippen LogP contribution in [0.3, 0.4) is 0 Å². The van der Waals surface area contributed by atoms with Crippen molar-refractivity contribution in [3.8, 4) is 11.5 Å². The minimum absolute atomic E-state index is 0.104. The summed E-state index contributed by atoms with van der Waals surface area (Å²) in [7, 11) is 4.34. The Morgan fingerprint density at radius 3 is 2.46 bits per heavy atom. The number of esters is 1. The fraction of sp³-hybridized carbons (Fsp3) is 0.211. The second-order valence-electron chi connectivity index (χ2n) is 5.74. The van der Waals surface area contributed by atoms with E-state index in [0.717, 1.165) is 10.5 Å². The highest BCUT2D eigenvalue weighted by Gasteiger charge is 2.28. The predicted molar refractivity (Wildman–Crippen MR) is 104 cm³/mol. The number of nitro groups is 1. The van der Waals surface area contributed by atoms with Crippen LogP contribution in [0, 0.1) is 10.1 Å². The van der Waals surface area contributed by atoms with Gasteiger partial charge in [-0.1, -0.05) is 23.9 Å². The topological polar surface area (TPSA) is 99.9 Å². The van der Waals surface area contributed by atoms with Crippen LogP contribution in [0.2, 0.25) is 0 Å². The Morgan fingerprint density at radius 2 is 1.82 bits per heavy atom. The lowest BCUT2D eigenvalue weighted by molar-refractivity contribution is -0.385. The van der Waals surface area contributed by atoms with Gasteiger partial charge in [-0.05, 0) is 23.8 Å². The molecule has 0 spiro atoms. The van der Waals surface area contributed by atoms with Gasteiger partial charge >= 0.3 is 5.97 Å². The van der Waals surface area contributed by atoms with Crippen LogP contribution < -0.4 is 14.8 Å². The Balaban J connectivity index is 2.18. The lowest BCUT2D eigenvalue weighted by Gasteiger charge is -2.13. The van der Waals surface area contributed by atoms with Crippen LogP contribution in [0.1, 0.15) is 11.1 Å². The first kappa shape index (κ1) is 19.6. The quantitative estimate of drug-likeness (QED) is 0.462. The smallest absolute Gasteiger partial charge is 0.346 e. The molecule has 0 fully saturated rings. The Bertz CT molecular complexity index is 973. The zero-order valence-electron chi connectivity index (χ0n) is 15.5. The van der Waals surface area contributed by atoms with Crippen molar-refractivity contribution in [2.45, 2.75) is 11.4 Å². The van der Waals surface area contributed by atoms with E-state index in [4.69, 9.17) is 14.2 Å². The molecule has 3 rings (SSSR count). The molecule has 1 heterocycles. The van der Waals surface area contributed by atoms with Gasteiger partial charge < -0.3 is 19.5 Å². The average Bonchev–Trinajstić information content (AvgIpc) is 2.91. The fourth-order valence-electron chi connectivity index (χ4n) is 2.86. The number of hydrogen-bond donors (Lipinski definition) is 1. The van der Waals surface area contributed by atoms with E-state index in [2.05, 4.69) is 5.32 Å². The van der Waals surface area contributed by atoms with Gasteiger partial charge in [0, 0.05) is 17.5 Å². The fourth-order valence-corrected chi connectivity index (χ4v) is 3.96. The minimum atomic E-state index is -0.590. The number of hydrogen-bond acceptors (Lipinski definition) is 8. The Kier molecular flexibility index (Phi) is 5.74. The molecule has 0 aromatic heterocycles. The first-order chi connectivity index (χ1) is 13.5. The van der Waals surface area contributed by atoms with Crippen molar-refractivity contribution >= 4 is 29.1 Å². The molecule has 9 heteroatoms. The Hall–Kier alpha value is -3.20. The monoisotopic (exact) mass is 402 g/mol. The molecular weight excluding hydrogens is 384 g/mol. The predicted octanol–water partition coefficient (Wildman–Crippen LogP) is 3.35. The molecule has 1 aliphatic rings. The SMILES string of the molecule is COC(=O)C1=C(c2ccccc2[N+](=O)[O-])NCc2cc(OC)c(OC)cc2S1. The number of fused-ring (bicyclic) bond motifs is 1. The van der Waals surface area contributed by atoms with Gasteiger partial charge in [0.15, 0.2) is 11.5 Å². The molecule has 0 atom stereocenters. The molecule has 2 aromatic rings. The van der Waals surface area contributed by atoms with Gasteiger partial charge in [-0.25, -0.2) is 4.79 Å². The van der Waals surface area contributed by atoms with Crippen molar-refractivity contribution in [2.75, 3.05) is 21.3 Å². The van der Waals surface area contributed by atoms with E-state index in [9.17, 15) is 14.9 Å². The number of carbonyl (C=O) groups excluding carboxylic acids is 1. The maximum atomic E-state index is 12.5. The van der Waals surface area contributed by atoms with Gasteiger partial charge in [0.05, 0.1) is 37.5 Å². The molecule has 1 N–H and O–H groups in total. The van der Waals surface area contributed by atoms with Crippen molar-refractivity contribution in [3.63, 3.8) is 0 Å². The maximum Gasteiger partial charge on any atom is 0.346 e. The molecule has 0 saturated heterocycles. The number of methoxy groups -OCH3 is 3. The second-order valence-corrected chi connectivity index (χ2v) is 6.79. The van der Waals surface area contributed by atoms with Gasteiger partial charge in [-0.15, -0.1) is 0 Å². The molecule has 8 nitrogen and oxygen atoms in total. The summed E-state index contributed by atoms with van der Waals surface area (Å²) in [6.07, 6.45) is 0. The molecule has 0 amide bonds. The zero-order valence-corrected chi connectivity index (χ0v) is 16.3. The molecule has 0 unspecified atom stereocenters. The number of nitrogens with one attached hydrogen (secondary N) is 1. The van der Waals surface area contributed by atoms with Gasteiger partial charge in [0.1, 0.15) is 4.91 Å². The number of ether oxygens (including phenoxy) is 3. The van der Waals surface area contributed by atoms with E-state index in [-0.39, 0.29) is 10.6 Å². The molecule has 0 radical (unpaired) electrons. The highest BCUT2D eigenvalue weighted by atomic mass is 32.2. The van der Waals surface area contributed by atoms with Crippen molar-refractivity contribution in [2.24, 2.45) is 0 Å². The van der Waals surface area contributed by atoms with Crippen molar-refractivity contribution in [1.82, 2.24) is 5.32 Å². The number of para-hydroxylation sites is 1. The number of thioether (sulfide) groups is 1. The van der Waals surface area contributed by atoms with E-state index in [1.54, 1.807) is 31.4 Å². The first-order valence-electron chi connectivity index (χ1n) is 8.23. The summed E-state index contributed by atoms with van der Waals surface area (Å²) < 4.78 is 15.6. The Morgan fingerprint density at radius 1 is 1.14 bits per heavy atom. The summed E-state index contributed by atoms with van der Waals surface area (Å²) in [5.74, 6) is 0.484. The first-order valence-corrected chi connectivity index (χ1v) is 9.04. The molecule has 28 heavy (non-hydrogen) atoms. The number of carbonyl (C=O) groups is 1. The van der Waals surface area contributed by atoms with Gasteiger partial charge in [0.2, 0.25) is 0 Å². The van der Waals surface area contributed by atoms with Crippen LogP contribution in [0.5, 0.6) is 11.5 Å². The summed E-state index contributed by atoms with van der Waals surface area (Å²) in [4.78, 5) is 24.5. The number of nitro benzene ring substituents is 1. The highest BCUT2D eigenvalue weighted by Crippen LogP contribution is 2.43. The largest absolute Gasteiger partial charge is 0.493 e. The zero-order chi connectivity index (χ0) is 20.3. The number of nitrogens with zero attached hydrogens (tertiary/aromatic N) is 1. The molecule has 146 valence electrons. The van der Waals surface area contributed by atoms with Crippen LogP contribution in [0.4, 0.5) is 5.69 Å². The van der Waals surface area contributed by atoms with Crippen LogP contribution >= 0.6 is 11.8 Å². The van der Waals surface area contributed by atoms with E-state index < -0.39 is 10.9 Å². The summed E-state index contributed by atoms with van der Waals surface area (Å²) in [5, 5.41) is 14.6. The lowest BCUT2D eigenvalue weighted by atomic mass is 10.1. The third-order valence-electron chi connectivity index (χ3n) is 4.20. The summed E-state index contributed by atoms with van der Waals surface area (Å²) in [6, 6.07) is 9.83. The van der Waals surface area contributed by atoms with E-state index in [0.29, 0.717) is 29.3 Å². The summed E-state index contributed by atoms with van der Waals surface area (Å²) in [6.45, 7) is 0.338. The maximum absolute atomic E-state index is 12.5. The standard InChI is InChI=1S/C19H18N2O6S/c1-25-14-8-11-10-20-17(12-6-4-5-7-13(12)21(23)24)18(19(22)27-3)28-16(11)9-15(14)26-2/h4-9,20H,10H2,1-3H3. The number of rotatable bonds is 5. The summed E-state index contributed by atoms with van der Waals surface area (Å²) >= 11 is 1.17. The van der Waals surface area contributed by atoms with Crippen molar-refractivity contribution in [1.29, 1.82) is 0 Å². The van der Waals surface area contributed by atoms with Gasteiger partial charge in [0.25, 0.3) is 5.69 Å². The third-order valence-corrected chi connectivity index (χ3v) is 5.38. The molecular formula is C19H18N2O6S. The van der Waals surface area contributed by atoms with E-state index >= 15 is 0 Å². The van der Waals surface area contributed by atoms with Crippen LogP contribution in [-0.4, -0.2) is 32.2 Å². The molecule has 0 bridgehead atoms. The summed E-state index contributed by atoms with van der Waals surface area (Å²) in [5.41, 5.74) is 1.41. The lowest BCUT2D eigenvalue weighted by Crippen LogP contribution is -2.16. The minimum Gasteiger partial charge on any atom is -0.493 e. The molecule has 0 aliphatic carbocycles. The van der Waals surface area contributed by atoms with Crippen molar-refractivity contribution < 1.29 is 23.9 Å². The van der Waals surface area contributed by atoms with Gasteiger partial charge in [-0.3, -0.25) is 10.1 Å². The highest BCUT2D eigenvalue weighted by molar-refractivity contribution is 8.04. The molecule has 2 aromatic carbocycles. The van der Waals surface area contributed by atoms with Crippen LogP contribution in [0.15, 0.2) is 46.2 Å². The Labute approximate surface area is 165 Å². The van der Waals surface area contributed by atoms with Gasteiger partial charge in [-0.2, -0.15) is 0 Å². The third kappa shape index (κ3) is 3.61. The second kappa shape index (κ2) is 8.22. The number of benzene rings is 2. The average molecular weight is 402 g/mol. The van der Waals surface area contributed by atoms with Crippen LogP contribution in [-0.2, 0) is 16.1 Å². The van der Waals surface area contributed by atoms with E-state index in [1.165, 1.54) is 32.0 Å². The normalized spacial score (nSPS) is 13.1. The molecule has 0 saturated carbocycles.